The molecule has 0 saturated carbocycles. The quantitative estimate of drug-likeness (QED) is 0.406. The third kappa shape index (κ3) is 0.659. The van der Waals surface area contributed by atoms with Gasteiger partial charge in [0.05, 0.1) is 23.5 Å². The maximum Gasteiger partial charge on any atom is 0.233 e. The van der Waals surface area contributed by atoms with Crippen LogP contribution in [0.15, 0.2) is 12.2 Å². The van der Waals surface area contributed by atoms with E-state index in [0.29, 0.717) is 0 Å². The number of carbonyl (C=O) groups is 2. The molecule has 2 bridgehead atoms. The highest BCUT2D eigenvalue weighted by atomic mass is 16.5. The fourth-order valence-corrected chi connectivity index (χ4v) is 2.58. The van der Waals surface area contributed by atoms with Gasteiger partial charge in [-0.15, -0.1) is 0 Å². The summed E-state index contributed by atoms with van der Waals surface area (Å²) in [7, 11) is 0. The Morgan fingerprint density at radius 2 is 2.23 bits per heavy atom. The average molecular weight is 179 g/mol. The van der Waals surface area contributed by atoms with E-state index in [2.05, 4.69) is 5.32 Å². The van der Waals surface area contributed by atoms with Crippen molar-refractivity contribution in [2.24, 2.45) is 11.8 Å². The third-order valence-corrected chi connectivity index (χ3v) is 3.17. The lowest BCUT2D eigenvalue weighted by Crippen LogP contribution is -2.36. The first-order valence-corrected chi connectivity index (χ1v) is 4.34. The van der Waals surface area contributed by atoms with Gasteiger partial charge >= 0.3 is 0 Å². The molecule has 4 atom stereocenters. The second-order valence-corrected chi connectivity index (χ2v) is 3.98. The van der Waals surface area contributed by atoms with Gasteiger partial charge in [-0.05, 0) is 6.92 Å². The van der Waals surface area contributed by atoms with Crippen LogP contribution in [0.4, 0.5) is 0 Å². The Morgan fingerprint density at radius 1 is 1.46 bits per heavy atom. The molecular weight excluding hydrogens is 170 g/mol. The molecule has 0 aromatic rings. The number of amides is 2. The fourth-order valence-electron chi connectivity index (χ4n) is 2.58. The highest BCUT2D eigenvalue weighted by Crippen LogP contribution is 2.48. The van der Waals surface area contributed by atoms with Gasteiger partial charge in [-0.25, -0.2) is 0 Å². The molecule has 0 aromatic carbocycles. The molecule has 0 spiro atoms. The average Bonchev–Trinajstić information content (AvgIpc) is 2.62. The number of carbonyl (C=O) groups excluding carboxylic acids is 2. The minimum absolute atomic E-state index is 0.187. The van der Waals surface area contributed by atoms with Crippen molar-refractivity contribution in [2.75, 3.05) is 0 Å². The summed E-state index contributed by atoms with van der Waals surface area (Å²) in [6, 6.07) is 0. The molecule has 68 valence electrons. The summed E-state index contributed by atoms with van der Waals surface area (Å²) in [5.74, 6) is -0.977. The van der Waals surface area contributed by atoms with Crippen molar-refractivity contribution in [1.29, 1.82) is 0 Å². The number of rotatable bonds is 0. The van der Waals surface area contributed by atoms with E-state index in [1.54, 1.807) is 0 Å². The lowest BCUT2D eigenvalue weighted by Gasteiger charge is -2.21. The number of hydrogen-bond acceptors (Lipinski definition) is 3. The molecule has 4 nitrogen and oxygen atoms in total. The van der Waals surface area contributed by atoms with Crippen LogP contribution in [-0.4, -0.2) is 23.5 Å². The van der Waals surface area contributed by atoms with Crippen LogP contribution in [0.3, 0.4) is 0 Å². The molecule has 1 N–H and O–H groups in total. The van der Waals surface area contributed by atoms with Crippen molar-refractivity contribution in [2.45, 2.75) is 18.6 Å². The lowest BCUT2D eigenvalue weighted by molar-refractivity contribution is -0.129. The van der Waals surface area contributed by atoms with Crippen LogP contribution in [0.2, 0.25) is 0 Å². The molecule has 3 aliphatic rings. The van der Waals surface area contributed by atoms with E-state index >= 15 is 0 Å². The number of fused-ring (bicyclic) bond motifs is 5. The van der Waals surface area contributed by atoms with Gasteiger partial charge < -0.3 is 4.74 Å². The summed E-state index contributed by atoms with van der Waals surface area (Å²) >= 11 is 0. The molecule has 4 heteroatoms. The molecule has 0 aliphatic carbocycles. The van der Waals surface area contributed by atoms with Crippen molar-refractivity contribution in [3.63, 3.8) is 0 Å². The highest BCUT2D eigenvalue weighted by molar-refractivity contribution is 6.07. The second kappa shape index (κ2) is 1.85. The molecule has 2 fully saturated rings. The molecule has 2 amide bonds. The Balaban J connectivity index is 2.13. The molecule has 2 saturated heterocycles. The van der Waals surface area contributed by atoms with Crippen LogP contribution in [0.1, 0.15) is 6.92 Å². The van der Waals surface area contributed by atoms with E-state index in [1.807, 2.05) is 19.1 Å². The van der Waals surface area contributed by atoms with E-state index in [-0.39, 0.29) is 29.8 Å². The fraction of sp³-hybridized carbons (Fsp3) is 0.556. The standard InChI is InChI=1S/C9H9NO3/c1-9-3-2-4(13-9)5-6(9)8(12)10-7(5)11/h2-6H,1H3,(H,10,11,12)/t4-,5+,6-,9-/m1/s1. The minimum Gasteiger partial charge on any atom is -0.362 e. The van der Waals surface area contributed by atoms with Gasteiger partial charge in [-0.1, -0.05) is 12.2 Å². The zero-order valence-corrected chi connectivity index (χ0v) is 7.11. The van der Waals surface area contributed by atoms with Gasteiger partial charge in [-0.3, -0.25) is 14.9 Å². The molecule has 3 rings (SSSR count). The molecular formula is C9H9NO3. The van der Waals surface area contributed by atoms with Crippen molar-refractivity contribution in [1.82, 2.24) is 5.32 Å². The van der Waals surface area contributed by atoms with Crippen molar-refractivity contribution >= 4 is 11.8 Å². The van der Waals surface area contributed by atoms with Crippen LogP contribution in [0.5, 0.6) is 0 Å². The normalized spacial score (nSPS) is 51.3. The van der Waals surface area contributed by atoms with Gasteiger partial charge in [0, 0.05) is 0 Å². The number of imide groups is 1. The van der Waals surface area contributed by atoms with E-state index in [1.165, 1.54) is 0 Å². The number of nitrogens with one attached hydrogen (secondary N) is 1. The largest absolute Gasteiger partial charge is 0.362 e. The maximum atomic E-state index is 11.4. The summed E-state index contributed by atoms with van der Waals surface area (Å²) in [4.78, 5) is 22.8. The first-order chi connectivity index (χ1) is 6.12. The van der Waals surface area contributed by atoms with Crippen LogP contribution >= 0.6 is 0 Å². The van der Waals surface area contributed by atoms with Gasteiger partial charge in [0.25, 0.3) is 0 Å². The van der Waals surface area contributed by atoms with Crippen molar-refractivity contribution in [3.05, 3.63) is 12.2 Å². The molecule has 0 unspecified atom stereocenters. The van der Waals surface area contributed by atoms with E-state index < -0.39 is 5.60 Å². The van der Waals surface area contributed by atoms with E-state index in [0.717, 1.165) is 0 Å². The zero-order valence-electron chi connectivity index (χ0n) is 7.11. The SMILES string of the molecule is C[C@]12C=C[C@@H](O1)[C@@H]1C(=O)NC(=O)[C@@H]12. The van der Waals surface area contributed by atoms with Crippen LogP contribution in [0.25, 0.3) is 0 Å². The first kappa shape index (κ1) is 7.26. The Labute approximate surface area is 74.9 Å². The van der Waals surface area contributed by atoms with Gasteiger partial charge in [0.15, 0.2) is 0 Å². The lowest BCUT2D eigenvalue weighted by atomic mass is 9.78. The topological polar surface area (TPSA) is 55.4 Å². The number of hydrogen-bond donors (Lipinski definition) is 1. The van der Waals surface area contributed by atoms with Crippen LogP contribution in [0, 0.1) is 11.8 Å². The van der Waals surface area contributed by atoms with Gasteiger partial charge in [0.1, 0.15) is 0 Å². The first-order valence-electron chi connectivity index (χ1n) is 4.34. The Hall–Kier alpha value is -1.16. The second-order valence-electron chi connectivity index (χ2n) is 3.98. The molecule has 0 aromatic heterocycles. The summed E-state index contributed by atoms with van der Waals surface area (Å²) in [6.45, 7) is 1.85. The van der Waals surface area contributed by atoms with Gasteiger partial charge in [-0.2, -0.15) is 0 Å². The monoisotopic (exact) mass is 179 g/mol. The highest BCUT2D eigenvalue weighted by Gasteiger charge is 2.63. The van der Waals surface area contributed by atoms with E-state index in [4.69, 9.17) is 4.74 Å². The van der Waals surface area contributed by atoms with Crippen molar-refractivity contribution in [3.8, 4) is 0 Å². The van der Waals surface area contributed by atoms with Gasteiger partial charge in [0.2, 0.25) is 11.8 Å². The summed E-state index contributed by atoms with van der Waals surface area (Å²) in [6.07, 6.45) is 3.57. The predicted molar refractivity (Wildman–Crippen MR) is 42.5 cm³/mol. The Morgan fingerprint density at radius 3 is 2.92 bits per heavy atom. The maximum absolute atomic E-state index is 11.4. The van der Waals surface area contributed by atoms with Crippen molar-refractivity contribution < 1.29 is 14.3 Å². The Bertz CT molecular complexity index is 349. The molecule has 0 radical (unpaired) electrons. The smallest absolute Gasteiger partial charge is 0.233 e. The van der Waals surface area contributed by atoms with Crippen LogP contribution < -0.4 is 5.32 Å². The minimum atomic E-state index is -0.550. The molecule has 3 heterocycles. The predicted octanol–water partition coefficient (Wildman–Crippen LogP) is -0.398. The summed E-state index contributed by atoms with van der Waals surface area (Å²) < 4.78 is 5.57. The summed E-state index contributed by atoms with van der Waals surface area (Å²) in [5, 5.41) is 2.35. The summed E-state index contributed by atoms with van der Waals surface area (Å²) in [5.41, 5.74) is -0.550. The third-order valence-electron chi connectivity index (χ3n) is 3.17. The van der Waals surface area contributed by atoms with E-state index in [9.17, 15) is 9.59 Å². The molecule has 13 heavy (non-hydrogen) atoms. The molecule has 3 aliphatic heterocycles. The zero-order chi connectivity index (χ0) is 9.22. The Kier molecular flexibility index (Phi) is 1.03. The number of ether oxygens (including phenoxy) is 1. The van der Waals surface area contributed by atoms with Crippen LogP contribution in [-0.2, 0) is 14.3 Å².